The number of anilines is 3. The predicted molar refractivity (Wildman–Crippen MR) is 346 cm³/mol. The standard InChI is InChI=1S/C25H21N3O2.C20H18N2O6S.C19H16N2O2S.3CO2/c1-3-27(2)19-14-13-17-15-20(25(29)30-23(17)16-19)24-26-21-11-7-8-12-22(21)28(24)18-9-5-4-6-10-18;1-22(9-4-10-29(24,25)26)14-8-7-13-11-15(20(23)28-18(13)12-14)19-21-16-5-2-3-6-17(16)27-19;1-3-21(2)13-9-8-12-10-14(19(22)23-16(12)11-13)18-20-15-6-4-5-7-17(15)24-18;3*2-1-3/h4-16H,3H2,1-2H3;2-3,5-8,11-12H,4,9-10H2,1H3,(H,24,25,26);4-11H,3H2,1-2H3;;;. The van der Waals surface area contributed by atoms with Crippen molar-refractivity contribution in [1.29, 1.82) is 0 Å². The second-order valence-corrected chi connectivity index (χ2v) is 22.5. The first-order valence-corrected chi connectivity index (χ1v) is 30.3. The fourth-order valence-corrected chi connectivity index (χ4v) is 10.9. The summed E-state index contributed by atoms with van der Waals surface area (Å²) >= 11 is 1.51. The van der Waals surface area contributed by atoms with Crippen LogP contribution in [0.25, 0.3) is 104 Å². The van der Waals surface area contributed by atoms with Crippen molar-refractivity contribution >= 4 is 122 Å². The number of para-hydroxylation sites is 6. The number of imidazole rings is 1. The van der Waals surface area contributed by atoms with E-state index < -0.39 is 21.4 Å². The van der Waals surface area contributed by atoms with Crippen LogP contribution in [0.3, 0.4) is 0 Å². The first kappa shape index (κ1) is 66.4. The molecule has 0 spiro atoms. The van der Waals surface area contributed by atoms with Crippen molar-refractivity contribution in [1.82, 2.24) is 19.5 Å². The lowest BCUT2D eigenvalue weighted by Crippen LogP contribution is -2.21. The lowest BCUT2D eigenvalue weighted by atomic mass is 10.1. The van der Waals surface area contributed by atoms with E-state index in [1.54, 1.807) is 37.4 Å². The Kier molecular flexibility index (Phi) is 22.1. The molecule has 1 N–H and O–H groups in total. The summed E-state index contributed by atoms with van der Waals surface area (Å²) in [5.41, 5.74) is 9.12. The molecule has 0 aliphatic carbocycles. The first-order chi connectivity index (χ1) is 44.3. The van der Waals surface area contributed by atoms with Gasteiger partial charge < -0.3 is 32.4 Å². The van der Waals surface area contributed by atoms with Crippen LogP contribution >= 0.6 is 11.3 Å². The van der Waals surface area contributed by atoms with Crippen molar-refractivity contribution in [3.05, 3.63) is 207 Å². The number of hydrogen-bond acceptors (Lipinski definition) is 22. The normalized spacial score (nSPS) is 10.6. The van der Waals surface area contributed by atoms with E-state index in [4.69, 9.17) is 56.0 Å². The highest BCUT2D eigenvalue weighted by Crippen LogP contribution is 2.33. The maximum atomic E-state index is 13.0. The van der Waals surface area contributed by atoms with Gasteiger partial charge in [0.25, 0.3) is 10.1 Å². The van der Waals surface area contributed by atoms with Crippen molar-refractivity contribution in [2.75, 3.05) is 61.2 Å². The van der Waals surface area contributed by atoms with Crippen LogP contribution in [0.1, 0.15) is 20.3 Å². The molecule has 0 aliphatic heterocycles. The van der Waals surface area contributed by atoms with Gasteiger partial charge in [-0.25, -0.2) is 29.3 Å². The molecule has 13 rings (SSSR count). The van der Waals surface area contributed by atoms with Crippen molar-refractivity contribution in [2.24, 2.45) is 0 Å². The molecule has 7 aromatic carbocycles. The van der Waals surface area contributed by atoms with Crippen LogP contribution in [0.2, 0.25) is 0 Å². The van der Waals surface area contributed by atoms with E-state index in [1.807, 2.05) is 169 Å². The van der Waals surface area contributed by atoms with Crippen LogP contribution in [0.5, 0.6) is 0 Å². The summed E-state index contributed by atoms with van der Waals surface area (Å²) in [6.45, 7) is 6.33. The van der Waals surface area contributed by atoms with Gasteiger partial charge >= 0.3 is 35.3 Å². The Labute approximate surface area is 526 Å². The molecule has 0 radical (unpaired) electrons. The van der Waals surface area contributed by atoms with E-state index in [0.717, 1.165) is 67.9 Å². The van der Waals surface area contributed by atoms with Gasteiger partial charge in [-0.05, 0) is 123 Å². The fourth-order valence-electron chi connectivity index (χ4n) is 9.46. The Morgan fingerprint density at radius 1 is 0.489 bits per heavy atom. The highest BCUT2D eigenvalue weighted by atomic mass is 32.2. The number of hydrogen-bond donors (Lipinski definition) is 1. The molecule has 92 heavy (non-hydrogen) atoms. The molecule has 0 atom stereocenters. The summed E-state index contributed by atoms with van der Waals surface area (Å²) in [6, 6.07) is 55.6. The predicted octanol–water partition coefficient (Wildman–Crippen LogP) is 11.3. The van der Waals surface area contributed by atoms with Crippen LogP contribution in [-0.2, 0) is 38.9 Å². The Morgan fingerprint density at radius 2 is 0.946 bits per heavy atom. The first-order valence-electron chi connectivity index (χ1n) is 27.9. The molecule has 0 saturated heterocycles. The number of nitrogens with zero attached hydrogens (tertiary/aromatic N) is 7. The van der Waals surface area contributed by atoms with Gasteiger partial charge in [0.1, 0.15) is 38.4 Å². The van der Waals surface area contributed by atoms with Crippen LogP contribution in [0.4, 0.5) is 17.1 Å². The van der Waals surface area contributed by atoms with Crippen molar-refractivity contribution in [3.8, 4) is 39.1 Å². The number of benzene rings is 7. The summed E-state index contributed by atoms with van der Waals surface area (Å²) in [6.07, 6.45) is 1.02. The van der Waals surface area contributed by atoms with Crippen LogP contribution in [0, 0.1) is 0 Å². The number of fused-ring (bicyclic) bond motifs is 6. The molecule has 23 nitrogen and oxygen atoms in total. The van der Waals surface area contributed by atoms with E-state index in [1.165, 1.54) is 11.3 Å². The third-order valence-electron chi connectivity index (χ3n) is 14.2. The monoisotopic (exact) mass is 1280 g/mol. The topological polar surface area (TPSA) is 314 Å². The molecule has 466 valence electrons. The highest BCUT2D eigenvalue weighted by molar-refractivity contribution is 7.85. The zero-order valence-corrected chi connectivity index (χ0v) is 51.4. The number of thiazole rings is 1. The number of oxazole rings is 1. The van der Waals surface area contributed by atoms with Crippen molar-refractivity contribution < 1.29 is 59.4 Å². The van der Waals surface area contributed by atoms with E-state index in [0.29, 0.717) is 61.7 Å². The minimum Gasteiger partial charge on any atom is -0.436 e. The minimum absolute atomic E-state index is 0.202. The van der Waals surface area contributed by atoms with E-state index >= 15 is 0 Å². The lowest BCUT2D eigenvalue weighted by molar-refractivity contribution is -0.193. The Balaban J connectivity index is 0.000000167. The maximum absolute atomic E-state index is 13.0. The van der Waals surface area contributed by atoms with Crippen LogP contribution < -0.4 is 31.6 Å². The van der Waals surface area contributed by atoms with Gasteiger partial charge in [-0.1, -0.05) is 54.6 Å². The second kappa shape index (κ2) is 30.6. The zero-order chi connectivity index (χ0) is 66.1. The smallest absolute Gasteiger partial charge is 0.373 e. The third kappa shape index (κ3) is 16.0. The molecule has 0 bridgehead atoms. The molecule has 0 aliphatic rings. The molecule has 13 aromatic rings. The summed E-state index contributed by atoms with van der Waals surface area (Å²) < 4.78 is 56.0. The molecule has 6 heterocycles. The molecule has 6 aromatic heterocycles. The Hall–Kier alpha value is -11.6. The summed E-state index contributed by atoms with van der Waals surface area (Å²) in [7, 11) is 1.82. The van der Waals surface area contributed by atoms with Crippen molar-refractivity contribution in [2.45, 2.75) is 20.3 Å². The van der Waals surface area contributed by atoms with Gasteiger partial charge in [0.15, 0.2) is 11.4 Å². The Morgan fingerprint density at radius 3 is 1.48 bits per heavy atom. The second-order valence-electron chi connectivity index (χ2n) is 19.9. The average molecular weight is 1280 g/mol. The van der Waals surface area contributed by atoms with E-state index in [2.05, 4.69) is 33.6 Å². The largest absolute Gasteiger partial charge is 0.436 e. The summed E-state index contributed by atoms with van der Waals surface area (Å²) in [4.78, 5) is 106. The molecular formula is C67H55N7O16S2. The van der Waals surface area contributed by atoms with E-state index in [-0.39, 0.29) is 47.7 Å². The van der Waals surface area contributed by atoms with E-state index in [9.17, 15) is 22.8 Å². The quantitative estimate of drug-likeness (QED) is 0.0828. The van der Waals surface area contributed by atoms with Gasteiger partial charge in [0, 0.05) is 97.9 Å². The Bertz CT molecular complexity index is 5080. The molecule has 0 amide bonds. The molecule has 25 heteroatoms. The average Bonchev–Trinajstić information content (AvgIpc) is 1.56. The molecular weight excluding hydrogens is 1220 g/mol. The van der Waals surface area contributed by atoms with Crippen molar-refractivity contribution in [3.63, 3.8) is 0 Å². The SMILES string of the molecule is CCN(C)c1ccc2cc(-c3nc4ccccc4n3-c3ccccc3)c(=O)oc2c1.CCN(C)c1ccc2cc(-c3nc4ccccc4s3)c(=O)oc2c1.CN(CCCS(=O)(=O)O)c1ccc2cc(-c3nc4ccccc4o3)c(=O)oc2c1.O=C=O.O=C=O.O=C=O. The van der Waals surface area contributed by atoms with Gasteiger partial charge in [-0.15, -0.1) is 11.3 Å². The van der Waals surface area contributed by atoms with Gasteiger partial charge in [-0.2, -0.15) is 37.2 Å². The fraction of sp³-hybridized carbons (Fsp3) is 0.149. The van der Waals surface area contributed by atoms with Crippen LogP contribution in [-0.4, -0.2) is 97.5 Å². The summed E-state index contributed by atoms with van der Waals surface area (Å²) in [5, 5.41) is 3.17. The number of aromatic nitrogens is 4. The van der Waals surface area contributed by atoms with Crippen LogP contribution in [0.15, 0.2) is 208 Å². The lowest BCUT2D eigenvalue weighted by Gasteiger charge is -2.19. The zero-order valence-electron chi connectivity index (χ0n) is 49.8. The number of carbonyl (C=O) groups excluding carboxylic acids is 6. The molecule has 0 saturated carbocycles. The molecule has 0 unspecified atom stereocenters. The van der Waals surface area contributed by atoms with Gasteiger partial charge in [0.05, 0.1) is 32.6 Å². The highest BCUT2D eigenvalue weighted by Gasteiger charge is 2.20. The third-order valence-corrected chi connectivity index (χ3v) is 16.1. The molecule has 0 fully saturated rings. The number of rotatable bonds is 13. The minimum atomic E-state index is -3.98. The van der Waals surface area contributed by atoms with Gasteiger partial charge in [-0.3, -0.25) is 9.12 Å². The van der Waals surface area contributed by atoms with Gasteiger partial charge in [0.2, 0.25) is 5.89 Å². The maximum Gasteiger partial charge on any atom is 0.373 e. The summed E-state index contributed by atoms with van der Waals surface area (Å²) in [5.74, 6) is 0.467.